The van der Waals surface area contributed by atoms with Gasteiger partial charge in [0.1, 0.15) is 5.60 Å². The predicted molar refractivity (Wildman–Crippen MR) is 70.9 cm³/mol. The van der Waals surface area contributed by atoms with E-state index in [9.17, 15) is 9.59 Å². The van der Waals surface area contributed by atoms with Gasteiger partial charge >= 0.3 is 5.97 Å². The summed E-state index contributed by atoms with van der Waals surface area (Å²) in [6.45, 7) is 13.7. The molecule has 104 valence electrons. The SMILES string of the molecule is [CH]CCCN(CCCC(=O)OC(C)(C)C)C(C)=O. The first-order valence-corrected chi connectivity index (χ1v) is 6.43. The maximum absolute atomic E-state index is 11.5. The van der Waals surface area contributed by atoms with Gasteiger partial charge in [0.05, 0.1) is 0 Å². The summed E-state index contributed by atoms with van der Waals surface area (Å²) in [5, 5.41) is 0. The lowest BCUT2D eigenvalue weighted by Gasteiger charge is -2.22. The van der Waals surface area contributed by atoms with Gasteiger partial charge in [0.15, 0.2) is 0 Å². The Morgan fingerprint density at radius 1 is 1.17 bits per heavy atom. The van der Waals surface area contributed by atoms with E-state index in [-0.39, 0.29) is 11.9 Å². The number of hydrogen-bond acceptors (Lipinski definition) is 3. The molecule has 0 rings (SSSR count). The molecule has 0 spiro atoms. The highest BCUT2D eigenvalue weighted by atomic mass is 16.6. The average molecular weight is 255 g/mol. The fraction of sp³-hybridized carbons (Fsp3) is 0.786. The zero-order chi connectivity index (χ0) is 14.2. The molecule has 0 aliphatic rings. The van der Waals surface area contributed by atoms with E-state index in [1.807, 2.05) is 20.8 Å². The Labute approximate surface area is 111 Å². The lowest BCUT2D eigenvalue weighted by molar-refractivity contribution is -0.155. The molecule has 18 heavy (non-hydrogen) atoms. The van der Waals surface area contributed by atoms with Crippen LogP contribution in [0.3, 0.4) is 0 Å². The summed E-state index contributed by atoms with van der Waals surface area (Å²) in [5.41, 5.74) is -0.448. The summed E-state index contributed by atoms with van der Waals surface area (Å²) in [6.07, 6.45) is 2.31. The molecule has 0 heterocycles. The molecule has 0 saturated carbocycles. The standard InChI is InChI=1S/C14H25NO3/c1-6-7-10-15(12(2)16)11-8-9-13(17)18-14(3,4)5/h1H,6-11H2,2-5H3. The summed E-state index contributed by atoms with van der Waals surface area (Å²) >= 11 is 0. The Bertz CT molecular complexity index is 269. The highest BCUT2D eigenvalue weighted by Gasteiger charge is 2.16. The van der Waals surface area contributed by atoms with Crippen LogP contribution in [0.1, 0.15) is 53.4 Å². The lowest BCUT2D eigenvalue weighted by Crippen LogP contribution is -2.31. The van der Waals surface area contributed by atoms with Crippen LogP contribution < -0.4 is 0 Å². The third-order valence-electron chi connectivity index (χ3n) is 2.31. The fourth-order valence-electron chi connectivity index (χ4n) is 1.52. The van der Waals surface area contributed by atoms with Crippen molar-refractivity contribution in [2.24, 2.45) is 0 Å². The Balaban J connectivity index is 3.92. The molecule has 1 amide bonds. The Morgan fingerprint density at radius 2 is 1.72 bits per heavy atom. The molecule has 0 aromatic carbocycles. The van der Waals surface area contributed by atoms with Crippen molar-refractivity contribution in [2.75, 3.05) is 13.1 Å². The van der Waals surface area contributed by atoms with Crippen molar-refractivity contribution in [3.63, 3.8) is 0 Å². The van der Waals surface area contributed by atoms with E-state index in [2.05, 4.69) is 0 Å². The molecule has 0 unspecified atom stereocenters. The third-order valence-corrected chi connectivity index (χ3v) is 2.31. The second-order valence-corrected chi connectivity index (χ2v) is 5.34. The number of carbonyl (C=O) groups is 2. The molecular weight excluding hydrogens is 230 g/mol. The summed E-state index contributed by atoms with van der Waals surface area (Å²) in [7, 11) is 0. The molecule has 0 atom stereocenters. The minimum atomic E-state index is -0.448. The Morgan fingerprint density at radius 3 is 2.17 bits per heavy atom. The highest BCUT2D eigenvalue weighted by molar-refractivity contribution is 5.73. The molecular formula is C14H25NO3. The van der Waals surface area contributed by atoms with Crippen molar-refractivity contribution in [1.29, 1.82) is 0 Å². The summed E-state index contributed by atoms with van der Waals surface area (Å²) in [6, 6.07) is 0. The van der Waals surface area contributed by atoms with E-state index < -0.39 is 5.60 Å². The van der Waals surface area contributed by atoms with Crippen LogP contribution >= 0.6 is 0 Å². The molecule has 0 bridgehead atoms. The van der Waals surface area contributed by atoms with Gasteiger partial charge in [-0.3, -0.25) is 9.59 Å². The van der Waals surface area contributed by atoms with E-state index in [4.69, 9.17) is 11.7 Å². The van der Waals surface area contributed by atoms with Crippen LogP contribution in [0.25, 0.3) is 0 Å². The maximum Gasteiger partial charge on any atom is 0.306 e. The van der Waals surface area contributed by atoms with Crippen molar-refractivity contribution in [2.45, 2.75) is 59.0 Å². The Hall–Kier alpha value is -1.06. The van der Waals surface area contributed by atoms with Gasteiger partial charge < -0.3 is 9.64 Å². The van der Waals surface area contributed by atoms with E-state index in [0.29, 0.717) is 32.4 Å². The van der Waals surface area contributed by atoms with Crippen molar-refractivity contribution in [1.82, 2.24) is 4.90 Å². The molecule has 0 saturated heterocycles. The van der Waals surface area contributed by atoms with Crippen LogP contribution in [0.4, 0.5) is 0 Å². The number of unbranched alkanes of at least 4 members (excludes halogenated alkanes) is 1. The number of amides is 1. The van der Waals surface area contributed by atoms with E-state index >= 15 is 0 Å². The highest BCUT2D eigenvalue weighted by Crippen LogP contribution is 2.09. The maximum atomic E-state index is 11.5. The molecule has 0 fully saturated rings. The van der Waals surface area contributed by atoms with Crippen LogP contribution in [-0.2, 0) is 14.3 Å². The van der Waals surface area contributed by atoms with E-state index in [1.54, 1.807) is 4.90 Å². The van der Waals surface area contributed by atoms with Gasteiger partial charge in [-0.05, 0) is 47.0 Å². The zero-order valence-electron chi connectivity index (χ0n) is 12.0. The van der Waals surface area contributed by atoms with Crippen molar-refractivity contribution in [3.05, 3.63) is 6.92 Å². The van der Waals surface area contributed by atoms with Gasteiger partial charge in [-0.2, -0.15) is 0 Å². The van der Waals surface area contributed by atoms with E-state index in [1.165, 1.54) is 6.92 Å². The van der Waals surface area contributed by atoms with Gasteiger partial charge in [0.2, 0.25) is 5.91 Å². The minimum Gasteiger partial charge on any atom is -0.460 e. The van der Waals surface area contributed by atoms with Crippen LogP contribution in [0, 0.1) is 6.92 Å². The zero-order valence-corrected chi connectivity index (χ0v) is 12.0. The first-order chi connectivity index (χ1) is 8.26. The normalized spacial score (nSPS) is 11.2. The molecule has 4 heteroatoms. The molecule has 4 nitrogen and oxygen atoms in total. The van der Waals surface area contributed by atoms with Crippen LogP contribution in [0.2, 0.25) is 0 Å². The van der Waals surface area contributed by atoms with Crippen molar-refractivity contribution < 1.29 is 14.3 Å². The van der Waals surface area contributed by atoms with Crippen LogP contribution in [-0.4, -0.2) is 35.5 Å². The van der Waals surface area contributed by atoms with Crippen molar-refractivity contribution >= 4 is 11.9 Å². The smallest absolute Gasteiger partial charge is 0.306 e. The Kier molecular flexibility index (Phi) is 7.64. The topological polar surface area (TPSA) is 46.6 Å². The summed E-state index contributed by atoms with van der Waals surface area (Å²) < 4.78 is 5.20. The predicted octanol–water partition coefficient (Wildman–Crippen LogP) is 2.45. The summed E-state index contributed by atoms with van der Waals surface area (Å²) in [4.78, 5) is 24.5. The van der Waals surface area contributed by atoms with Crippen LogP contribution in [0.15, 0.2) is 0 Å². The van der Waals surface area contributed by atoms with Gasteiger partial charge in [0.25, 0.3) is 0 Å². The second-order valence-electron chi connectivity index (χ2n) is 5.34. The van der Waals surface area contributed by atoms with Crippen molar-refractivity contribution in [3.8, 4) is 0 Å². The minimum absolute atomic E-state index is 0.0210. The monoisotopic (exact) mass is 255 g/mol. The number of hydrogen-bond donors (Lipinski definition) is 0. The first kappa shape index (κ1) is 16.9. The van der Waals surface area contributed by atoms with Gasteiger partial charge in [-0.15, -0.1) is 0 Å². The van der Waals surface area contributed by atoms with Gasteiger partial charge in [-0.1, -0.05) is 0 Å². The lowest BCUT2D eigenvalue weighted by atomic mass is 10.2. The van der Waals surface area contributed by atoms with Crippen LogP contribution in [0.5, 0.6) is 0 Å². The molecule has 0 aromatic heterocycles. The largest absolute Gasteiger partial charge is 0.460 e. The van der Waals surface area contributed by atoms with Gasteiger partial charge in [-0.25, -0.2) is 0 Å². The first-order valence-electron chi connectivity index (χ1n) is 6.43. The fourth-order valence-corrected chi connectivity index (χ4v) is 1.52. The third kappa shape index (κ3) is 9.02. The molecule has 0 aromatic rings. The summed E-state index contributed by atoms with van der Waals surface area (Å²) in [5.74, 6) is -0.197. The van der Waals surface area contributed by atoms with Gasteiger partial charge in [0, 0.05) is 26.4 Å². The number of nitrogens with zero attached hydrogens (tertiary/aromatic N) is 1. The quantitative estimate of drug-likeness (QED) is 0.656. The molecule has 2 radical (unpaired) electrons. The number of esters is 1. The molecule has 0 aliphatic carbocycles. The number of carbonyl (C=O) groups excluding carboxylic acids is 2. The molecule has 0 N–H and O–H groups in total. The number of ether oxygens (including phenoxy) is 1. The number of rotatable bonds is 7. The average Bonchev–Trinajstić information content (AvgIpc) is 2.19. The second kappa shape index (κ2) is 8.11. The molecule has 0 aliphatic heterocycles. The van der Waals surface area contributed by atoms with E-state index in [0.717, 1.165) is 6.42 Å².